The minimum absolute atomic E-state index is 0.218. The van der Waals surface area contributed by atoms with Gasteiger partial charge in [0.25, 0.3) is 0 Å². The summed E-state index contributed by atoms with van der Waals surface area (Å²) < 4.78 is 32.7. The molecule has 0 aliphatic rings. The van der Waals surface area contributed by atoms with Crippen LogP contribution >= 0.6 is 0 Å². The van der Waals surface area contributed by atoms with Crippen molar-refractivity contribution in [3.63, 3.8) is 0 Å². The Hall–Kier alpha value is -1.07. The fourth-order valence-electron chi connectivity index (χ4n) is 2.02. The van der Waals surface area contributed by atoms with Crippen molar-refractivity contribution in [2.24, 2.45) is 5.92 Å². The fourth-order valence-corrected chi connectivity index (χ4v) is 3.42. The van der Waals surface area contributed by atoms with Gasteiger partial charge in [-0.05, 0) is 42.0 Å². The monoisotopic (exact) mass is 299 g/mol. The maximum atomic E-state index is 12.4. The van der Waals surface area contributed by atoms with Gasteiger partial charge in [0.2, 0.25) is 10.0 Å². The van der Waals surface area contributed by atoms with Gasteiger partial charge < -0.3 is 4.74 Å². The van der Waals surface area contributed by atoms with Crippen molar-refractivity contribution in [3.05, 3.63) is 23.3 Å². The molecule has 0 unspecified atom stereocenters. The molecule has 0 heterocycles. The highest BCUT2D eigenvalue weighted by molar-refractivity contribution is 7.89. The van der Waals surface area contributed by atoms with Crippen LogP contribution in [0.4, 0.5) is 0 Å². The Morgan fingerprint density at radius 1 is 1.20 bits per heavy atom. The van der Waals surface area contributed by atoms with E-state index in [1.807, 2.05) is 34.6 Å². The topological polar surface area (TPSA) is 55.4 Å². The Morgan fingerprint density at radius 3 is 2.25 bits per heavy atom. The number of nitrogens with one attached hydrogen (secondary N) is 1. The molecule has 1 N–H and O–H groups in total. The van der Waals surface area contributed by atoms with Crippen LogP contribution in [-0.2, 0) is 10.0 Å². The number of methoxy groups -OCH3 is 1. The van der Waals surface area contributed by atoms with Crippen molar-refractivity contribution < 1.29 is 13.2 Å². The zero-order valence-corrected chi connectivity index (χ0v) is 14.0. The van der Waals surface area contributed by atoms with Gasteiger partial charge in [-0.2, -0.15) is 0 Å². The van der Waals surface area contributed by atoms with Crippen LogP contribution in [0.15, 0.2) is 17.0 Å². The molecule has 0 aliphatic heterocycles. The molecule has 0 spiro atoms. The number of hydrogen-bond acceptors (Lipinski definition) is 3. The quantitative estimate of drug-likeness (QED) is 0.878. The Balaban J connectivity index is 3.31. The first kappa shape index (κ1) is 17.0. The third-order valence-corrected chi connectivity index (χ3v) is 4.59. The van der Waals surface area contributed by atoms with E-state index in [-0.39, 0.29) is 16.7 Å². The molecular formula is C15H25NO3S. The van der Waals surface area contributed by atoms with E-state index in [2.05, 4.69) is 4.72 Å². The summed E-state index contributed by atoms with van der Waals surface area (Å²) in [5, 5.41) is 0. The molecule has 114 valence electrons. The minimum atomic E-state index is -3.55. The number of rotatable bonds is 6. The Morgan fingerprint density at radius 2 is 1.80 bits per heavy atom. The first-order valence-corrected chi connectivity index (χ1v) is 8.35. The van der Waals surface area contributed by atoms with Gasteiger partial charge >= 0.3 is 0 Å². The molecule has 0 saturated heterocycles. The zero-order chi connectivity index (χ0) is 15.5. The van der Waals surface area contributed by atoms with Gasteiger partial charge in [-0.1, -0.05) is 27.7 Å². The molecule has 1 rings (SSSR count). The predicted octanol–water partition coefficient (Wildman–Crippen LogP) is 3.06. The molecule has 0 saturated carbocycles. The highest BCUT2D eigenvalue weighted by Crippen LogP contribution is 2.31. The first-order chi connectivity index (χ1) is 9.19. The molecule has 0 fully saturated rings. The Bertz CT molecular complexity index is 563. The van der Waals surface area contributed by atoms with Crippen LogP contribution in [0, 0.1) is 12.8 Å². The SMILES string of the molecule is COc1cc(C)c(C(C)C)cc1S(=O)(=O)NCC(C)C. The summed E-state index contributed by atoms with van der Waals surface area (Å²) in [6.45, 7) is 10.4. The summed E-state index contributed by atoms with van der Waals surface area (Å²) in [7, 11) is -2.05. The highest BCUT2D eigenvalue weighted by atomic mass is 32.2. The van der Waals surface area contributed by atoms with Crippen LogP contribution in [0.3, 0.4) is 0 Å². The van der Waals surface area contributed by atoms with Gasteiger partial charge in [0.15, 0.2) is 0 Å². The lowest BCUT2D eigenvalue weighted by molar-refractivity contribution is 0.401. The zero-order valence-electron chi connectivity index (χ0n) is 13.1. The van der Waals surface area contributed by atoms with E-state index in [9.17, 15) is 8.42 Å². The molecular weight excluding hydrogens is 274 g/mol. The van der Waals surface area contributed by atoms with Gasteiger partial charge in [0.1, 0.15) is 10.6 Å². The van der Waals surface area contributed by atoms with E-state index in [0.29, 0.717) is 12.3 Å². The fraction of sp³-hybridized carbons (Fsp3) is 0.600. The molecule has 0 amide bonds. The van der Waals surface area contributed by atoms with Gasteiger partial charge in [0, 0.05) is 6.54 Å². The van der Waals surface area contributed by atoms with Crippen molar-refractivity contribution in [1.29, 1.82) is 0 Å². The van der Waals surface area contributed by atoms with Crippen LogP contribution < -0.4 is 9.46 Å². The van der Waals surface area contributed by atoms with Crippen LogP contribution in [0.25, 0.3) is 0 Å². The second kappa shape index (κ2) is 6.59. The lowest BCUT2D eigenvalue weighted by atomic mass is 9.98. The van der Waals surface area contributed by atoms with E-state index in [1.165, 1.54) is 7.11 Å². The van der Waals surface area contributed by atoms with Crippen LogP contribution in [0.1, 0.15) is 44.7 Å². The summed E-state index contributed by atoms with van der Waals surface area (Å²) in [4.78, 5) is 0.218. The van der Waals surface area contributed by atoms with Crippen molar-refractivity contribution in [2.45, 2.75) is 45.4 Å². The van der Waals surface area contributed by atoms with Gasteiger partial charge in [-0.15, -0.1) is 0 Å². The average Bonchev–Trinajstić information content (AvgIpc) is 2.35. The summed E-state index contributed by atoms with van der Waals surface area (Å²) in [6, 6.07) is 3.51. The number of benzene rings is 1. The Kier molecular flexibility index (Phi) is 5.59. The standard InChI is InChI=1S/C15H25NO3S/c1-10(2)9-16-20(17,18)15-8-13(11(3)4)12(5)7-14(15)19-6/h7-8,10-11,16H,9H2,1-6H3. The molecule has 20 heavy (non-hydrogen) atoms. The molecule has 0 bridgehead atoms. The third-order valence-electron chi connectivity index (χ3n) is 3.15. The van der Waals surface area contributed by atoms with Crippen LogP contribution in [0.2, 0.25) is 0 Å². The molecule has 0 atom stereocenters. The summed E-state index contributed by atoms with van der Waals surface area (Å²) in [6.07, 6.45) is 0. The second-order valence-corrected chi connectivity index (χ2v) is 7.50. The maximum absolute atomic E-state index is 12.4. The van der Waals surface area contributed by atoms with E-state index >= 15 is 0 Å². The minimum Gasteiger partial charge on any atom is -0.495 e. The predicted molar refractivity (Wildman–Crippen MR) is 81.8 cm³/mol. The van der Waals surface area contributed by atoms with E-state index in [1.54, 1.807) is 12.1 Å². The van der Waals surface area contributed by atoms with E-state index in [4.69, 9.17) is 4.74 Å². The molecule has 4 nitrogen and oxygen atoms in total. The van der Waals surface area contributed by atoms with E-state index in [0.717, 1.165) is 11.1 Å². The largest absolute Gasteiger partial charge is 0.495 e. The molecule has 0 aliphatic carbocycles. The lowest BCUT2D eigenvalue weighted by Gasteiger charge is -2.17. The molecule has 0 radical (unpaired) electrons. The lowest BCUT2D eigenvalue weighted by Crippen LogP contribution is -2.28. The molecule has 1 aromatic carbocycles. The van der Waals surface area contributed by atoms with Crippen molar-refractivity contribution in [1.82, 2.24) is 4.72 Å². The van der Waals surface area contributed by atoms with Crippen molar-refractivity contribution in [3.8, 4) is 5.75 Å². The van der Waals surface area contributed by atoms with Crippen LogP contribution in [-0.4, -0.2) is 22.1 Å². The number of sulfonamides is 1. The maximum Gasteiger partial charge on any atom is 0.244 e. The first-order valence-electron chi connectivity index (χ1n) is 6.87. The van der Waals surface area contributed by atoms with Crippen molar-refractivity contribution >= 4 is 10.0 Å². The summed E-state index contributed by atoms with van der Waals surface area (Å²) in [5.74, 6) is 0.911. The van der Waals surface area contributed by atoms with Gasteiger partial charge in [-0.3, -0.25) is 0 Å². The van der Waals surface area contributed by atoms with Gasteiger partial charge in [-0.25, -0.2) is 13.1 Å². The second-order valence-electron chi connectivity index (χ2n) is 5.76. The number of aryl methyl sites for hydroxylation is 1. The number of hydrogen-bond donors (Lipinski definition) is 1. The number of ether oxygens (including phenoxy) is 1. The average molecular weight is 299 g/mol. The molecule has 5 heteroatoms. The van der Waals surface area contributed by atoms with E-state index < -0.39 is 10.0 Å². The smallest absolute Gasteiger partial charge is 0.244 e. The summed E-state index contributed by atoms with van der Waals surface area (Å²) in [5.41, 5.74) is 2.07. The molecule has 0 aromatic heterocycles. The Labute approximate surface area is 122 Å². The molecule has 1 aromatic rings. The van der Waals surface area contributed by atoms with Crippen LogP contribution in [0.5, 0.6) is 5.75 Å². The normalized spacial score (nSPS) is 12.2. The van der Waals surface area contributed by atoms with Gasteiger partial charge in [0.05, 0.1) is 7.11 Å². The third kappa shape index (κ3) is 3.96. The highest BCUT2D eigenvalue weighted by Gasteiger charge is 2.22. The van der Waals surface area contributed by atoms with Crippen molar-refractivity contribution in [2.75, 3.05) is 13.7 Å². The summed E-state index contributed by atoms with van der Waals surface area (Å²) >= 11 is 0.